The highest BCUT2D eigenvalue weighted by molar-refractivity contribution is 6.23. The number of fused-ring (bicyclic) bond motifs is 1. The van der Waals surface area contributed by atoms with Crippen LogP contribution >= 0.6 is 0 Å². The summed E-state index contributed by atoms with van der Waals surface area (Å²) in [6, 6.07) is 0. The lowest BCUT2D eigenvalue weighted by Gasteiger charge is -2.09. The molecule has 0 bridgehead atoms. The first-order chi connectivity index (χ1) is 7.07. The minimum atomic E-state index is -0.319. The van der Waals surface area contributed by atoms with Crippen LogP contribution < -0.4 is 5.73 Å². The maximum absolute atomic E-state index is 11.8. The fourth-order valence-electron chi connectivity index (χ4n) is 1.67. The number of imide groups is 1. The maximum atomic E-state index is 11.8. The number of aromatic nitrogens is 1. The second-order valence-electron chi connectivity index (χ2n) is 3.40. The Bertz CT molecular complexity index is 468. The van der Waals surface area contributed by atoms with Gasteiger partial charge in [-0.3, -0.25) is 19.5 Å². The molecule has 2 N–H and O–H groups in total. The molecule has 0 aliphatic carbocycles. The van der Waals surface area contributed by atoms with E-state index in [2.05, 4.69) is 4.98 Å². The van der Waals surface area contributed by atoms with Gasteiger partial charge in [-0.05, 0) is 13.8 Å². The van der Waals surface area contributed by atoms with Crippen molar-refractivity contribution >= 4 is 17.5 Å². The highest BCUT2D eigenvalue weighted by Crippen LogP contribution is 2.28. The van der Waals surface area contributed by atoms with Crippen LogP contribution in [0.2, 0.25) is 0 Å². The van der Waals surface area contributed by atoms with E-state index >= 15 is 0 Å². The average Bonchev–Trinajstić information content (AvgIpc) is 2.45. The molecule has 78 valence electrons. The molecule has 0 radical (unpaired) electrons. The number of nitrogen functional groups attached to an aromatic ring is 1. The van der Waals surface area contributed by atoms with Gasteiger partial charge in [-0.1, -0.05) is 0 Å². The van der Waals surface area contributed by atoms with Gasteiger partial charge >= 0.3 is 0 Å². The zero-order chi connectivity index (χ0) is 11.2. The third kappa shape index (κ3) is 1.12. The second kappa shape index (κ2) is 3.05. The zero-order valence-electron chi connectivity index (χ0n) is 8.57. The summed E-state index contributed by atoms with van der Waals surface area (Å²) < 4.78 is 0. The van der Waals surface area contributed by atoms with Crippen LogP contribution in [0.1, 0.15) is 33.3 Å². The molecule has 1 aromatic heterocycles. The van der Waals surface area contributed by atoms with E-state index in [0.29, 0.717) is 29.1 Å². The number of aryl methyl sites for hydroxylation is 1. The van der Waals surface area contributed by atoms with Crippen LogP contribution in [0.5, 0.6) is 0 Å². The summed E-state index contributed by atoms with van der Waals surface area (Å²) in [6.45, 7) is 3.81. The van der Waals surface area contributed by atoms with Gasteiger partial charge in [0.2, 0.25) is 0 Å². The van der Waals surface area contributed by atoms with E-state index in [0.717, 1.165) is 0 Å². The van der Waals surface area contributed by atoms with Gasteiger partial charge in [-0.25, -0.2) is 0 Å². The van der Waals surface area contributed by atoms with Crippen molar-refractivity contribution in [3.05, 3.63) is 23.0 Å². The quantitative estimate of drug-likeness (QED) is 0.681. The van der Waals surface area contributed by atoms with E-state index in [1.807, 2.05) is 0 Å². The van der Waals surface area contributed by atoms with Crippen molar-refractivity contribution in [1.29, 1.82) is 0 Å². The fourth-order valence-corrected chi connectivity index (χ4v) is 1.67. The summed E-state index contributed by atoms with van der Waals surface area (Å²) in [7, 11) is 0. The molecule has 0 unspecified atom stereocenters. The van der Waals surface area contributed by atoms with Crippen molar-refractivity contribution < 1.29 is 9.59 Å². The number of amides is 2. The summed E-state index contributed by atoms with van der Waals surface area (Å²) in [5.74, 6) is -0.628. The highest BCUT2D eigenvalue weighted by Gasteiger charge is 2.36. The van der Waals surface area contributed by atoms with Crippen molar-refractivity contribution in [2.24, 2.45) is 0 Å². The van der Waals surface area contributed by atoms with Crippen LogP contribution in [0.4, 0.5) is 5.69 Å². The van der Waals surface area contributed by atoms with Gasteiger partial charge in [0.1, 0.15) is 0 Å². The number of anilines is 1. The molecule has 5 nitrogen and oxygen atoms in total. The number of pyridine rings is 1. The molecule has 15 heavy (non-hydrogen) atoms. The van der Waals surface area contributed by atoms with Gasteiger partial charge in [0.15, 0.2) is 0 Å². The lowest BCUT2D eigenvalue weighted by Crippen LogP contribution is -2.29. The first-order valence-corrected chi connectivity index (χ1v) is 4.69. The number of hydrogen-bond acceptors (Lipinski definition) is 4. The van der Waals surface area contributed by atoms with Crippen LogP contribution in [0, 0.1) is 6.92 Å². The molecule has 0 saturated carbocycles. The Morgan fingerprint density at radius 3 is 2.67 bits per heavy atom. The number of rotatable bonds is 1. The molecule has 5 heteroatoms. The lowest BCUT2D eigenvalue weighted by atomic mass is 10.1. The topological polar surface area (TPSA) is 76.3 Å². The molecule has 2 heterocycles. The number of nitrogens with two attached hydrogens (primary N) is 1. The molecule has 0 aromatic carbocycles. The summed E-state index contributed by atoms with van der Waals surface area (Å²) in [5, 5.41) is 0. The van der Waals surface area contributed by atoms with E-state index in [1.54, 1.807) is 13.8 Å². The predicted octanol–water partition coefficient (Wildman–Crippen LogP) is 0.588. The Morgan fingerprint density at radius 1 is 1.40 bits per heavy atom. The number of nitrogens with zero attached hydrogens (tertiary/aromatic N) is 2. The van der Waals surface area contributed by atoms with Crippen LogP contribution in [0.3, 0.4) is 0 Å². The Morgan fingerprint density at radius 2 is 2.07 bits per heavy atom. The standard InChI is InChI=1S/C10H11N3O2/c1-3-13-9(14)6-4-12-5(2)8(11)7(6)10(13)15/h4H,3,11H2,1-2H3. The third-order valence-corrected chi connectivity index (χ3v) is 2.57. The molecule has 1 aliphatic heterocycles. The van der Waals surface area contributed by atoms with E-state index in [-0.39, 0.29) is 11.8 Å². The number of carbonyl (C=O) groups is 2. The van der Waals surface area contributed by atoms with Crippen LogP contribution in [0.15, 0.2) is 6.20 Å². The van der Waals surface area contributed by atoms with Gasteiger partial charge in [-0.15, -0.1) is 0 Å². The smallest absolute Gasteiger partial charge is 0.263 e. The van der Waals surface area contributed by atoms with Crippen molar-refractivity contribution in [2.75, 3.05) is 12.3 Å². The predicted molar refractivity (Wildman–Crippen MR) is 54.4 cm³/mol. The van der Waals surface area contributed by atoms with E-state index in [4.69, 9.17) is 5.73 Å². The molecule has 1 aliphatic rings. The van der Waals surface area contributed by atoms with E-state index in [1.165, 1.54) is 11.1 Å². The molecule has 0 fully saturated rings. The molecular weight excluding hydrogens is 194 g/mol. The average molecular weight is 205 g/mol. The van der Waals surface area contributed by atoms with E-state index < -0.39 is 0 Å². The Hall–Kier alpha value is -1.91. The lowest BCUT2D eigenvalue weighted by molar-refractivity contribution is 0.0663. The molecule has 0 atom stereocenters. The minimum Gasteiger partial charge on any atom is -0.397 e. The van der Waals surface area contributed by atoms with Crippen molar-refractivity contribution in [3.63, 3.8) is 0 Å². The van der Waals surface area contributed by atoms with Crippen LogP contribution in [0.25, 0.3) is 0 Å². The first-order valence-electron chi connectivity index (χ1n) is 4.69. The largest absolute Gasteiger partial charge is 0.397 e. The molecule has 0 spiro atoms. The first kappa shape index (κ1) is 9.64. The van der Waals surface area contributed by atoms with E-state index in [9.17, 15) is 9.59 Å². The minimum absolute atomic E-state index is 0.300. The Labute approximate surface area is 86.9 Å². The number of hydrogen-bond donors (Lipinski definition) is 1. The monoisotopic (exact) mass is 205 g/mol. The third-order valence-electron chi connectivity index (χ3n) is 2.57. The van der Waals surface area contributed by atoms with Gasteiger partial charge in [0.25, 0.3) is 11.8 Å². The highest BCUT2D eigenvalue weighted by atomic mass is 16.2. The summed E-state index contributed by atoms with van der Waals surface area (Å²) in [4.78, 5) is 28.7. The fraction of sp³-hybridized carbons (Fsp3) is 0.300. The Kier molecular flexibility index (Phi) is 1.96. The summed E-state index contributed by atoms with van der Waals surface area (Å²) >= 11 is 0. The van der Waals surface area contributed by atoms with Crippen LogP contribution in [-0.4, -0.2) is 28.2 Å². The van der Waals surface area contributed by atoms with Crippen molar-refractivity contribution in [2.45, 2.75) is 13.8 Å². The second-order valence-corrected chi connectivity index (χ2v) is 3.40. The molecule has 2 rings (SSSR count). The SMILES string of the molecule is CCN1C(=O)c2cnc(C)c(N)c2C1=O. The summed E-state index contributed by atoms with van der Waals surface area (Å²) in [5.41, 5.74) is 7.24. The van der Waals surface area contributed by atoms with Gasteiger partial charge in [-0.2, -0.15) is 0 Å². The molecular formula is C10H11N3O2. The van der Waals surface area contributed by atoms with Gasteiger partial charge in [0.05, 0.1) is 22.5 Å². The molecule has 1 aromatic rings. The zero-order valence-corrected chi connectivity index (χ0v) is 8.57. The van der Waals surface area contributed by atoms with Gasteiger partial charge in [0, 0.05) is 12.7 Å². The normalized spacial score (nSPS) is 14.7. The summed E-state index contributed by atoms with van der Waals surface area (Å²) in [6.07, 6.45) is 1.41. The Balaban J connectivity index is 2.68. The van der Waals surface area contributed by atoms with Crippen molar-refractivity contribution in [1.82, 2.24) is 9.88 Å². The molecule has 2 amide bonds. The molecule has 0 saturated heterocycles. The van der Waals surface area contributed by atoms with Crippen LogP contribution in [-0.2, 0) is 0 Å². The van der Waals surface area contributed by atoms with Gasteiger partial charge < -0.3 is 5.73 Å². The maximum Gasteiger partial charge on any atom is 0.263 e. The number of carbonyl (C=O) groups excluding carboxylic acids is 2. The van der Waals surface area contributed by atoms with Crippen molar-refractivity contribution in [3.8, 4) is 0 Å².